The lowest BCUT2D eigenvalue weighted by Gasteiger charge is -2.27. The number of anilines is 3. The third kappa shape index (κ3) is 6.46. The summed E-state index contributed by atoms with van der Waals surface area (Å²) in [5.74, 6) is 0. The molecule has 0 aliphatic rings. The van der Waals surface area contributed by atoms with Crippen molar-refractivity contribution in [3.63, 3.8) is 0 Å². The first kappa shape index (κ1) is 26.3. The van der Waals surface area contributed by atoms with Crippen LogP contribution in [0, 0.1) is 0 Å². The van der Waals surface area contributed by atoms with Gasteiger partial charge < -0.3 is 4.90 Å². The Morgan fingerprint density at radius 3 is 1.16 bits per heavy atom. The third-order valence-corrected chi connectivity index (χ3v) is 10.4. The zero-order chi connectivity index (χ0) is 44.9. The van der Waals surface area contributed by atoms with Gasteiger partial charge in [-0.25, -0.2) is 0 Å². The van der Waals surface area contributed by atoms with E-state index in [0.29, 0.717) is 16.8 Å². The quantitative estimate of drug-likeness (QED) is 0.141. The number of rotatable bonds is 8. The van der Waals surface area contributed by atoms with E-state index in [4.69, 9.17) is 0 Å². The van der Waals surface area contributed by atoms with E-state index >= 15 is 0 Å². The van der Waals surface area contributed by atoms with E-state index in [1.807, 2.05) is 152 Å². The Hall–Kier alpha value is -7.48. The molecule has 10 rings (SSSR count). The average molecular weight is 734 g/mol. The average Bonchev–Trinajstić information content (AvgIpc) is 3.36. The second-order valence-electron chi connectivity index (χ2n) is 13.8. The fourth-order valence-electron chi connectivity index (χ4n) is 7.78. The summed E-state index contributed by atoms with van der Waals surface area (Å²) in [5.41, 5.74) is 6.25. The molecule has 0 saturated heterocycles. The molecule has 0 fully saturated rings. The van der Waals surface area contributed by atoms with E-state index in [1.54, 1.807) is 30.3 Å². The van der Waals surface area contributed by atoms with Gasteiger partial charge in [0.2, 0.25) is 0 Å². The molecule has 0 amide bonds. The number of hydrogen-bond donors (Lipinski definition) is 0. The SMILES string of the molecule is [2H]c1c([2H])c(N(c2ccc(-c3ccccc3)c(-c3ccccc3)c2)c2c([2H])c([2H])c(-c3c(-c4ccccc4)c4ccccc4c4ccccc34)c([2H])c2[2H])c([2H])c([2H])c1-c1ccccc1. The van der Waals surface area contributed by atoms with Crippen LogP contribution in [-0.4, -0.2) is 0 Å². The molecule has 0 spiro atoms. The molecule has 0 aliphatic carbocycles. The van der Waals surface area contributed by atoms with Crippen molar-refractivity contribution >= 4 is 38.6 Å². The Bertz CT molecular complexity index is 3390. The standard InChI is InChI=1S/C56H39N/c1-5-17-40(18-6-1)41-29-33-46(34-30-41)57(48-37-38-49(42-19-7-2-8-20-42)54(39-48)43-21-9-3-10-22-43)47-35-31-45(32-36-47)56-53-28-16-14-26-51(53)50-25-13-15-27-52(50)55(56)44-23-11-4-12-24-44/h1-39H/i29D,30D,31D,32D,33D,34D,35D,36D. The maximum atomic E-state index is 9.97. The van der Waals surface area contributed by atoms with Gasteiger partial charge in [-0.05, 0) is 113 Å². The Balaban J connectivity index is 1.31. The number of nitrogens with zero attached hydrogens (tertiary/aromatic N) is 1. The van der Waals surface area contributed by atoms with Gasteiger partial charge in [0.05, 0.1) is 11.0 Å². The summed E-state index contributed by atoms with van der Waals surface area (Å²) in [6.07, 6.45) is 0. The van der Waals surface area contributed by atoms with Crippen molar-refractivity contribution < 1.29 is 11.0 Å². The minimum Gasteiger partial charge on any atom is -0.310 e. The van der Waals surface area contributed by atoms with Gasteiger partial charge in [-0.15, -0.1) is 0 Å². The zero-order valence-corrected chi connectivity index (χ0v) is 30.8. The van der Waals surface area contributed by atoms with Gasteiger partial charge in [0.25, 0.3) is 0 Å². The lowest BCUT2D eigenvalue weighted by atomic mass is 9.85. The minimum atomic E-state index is -0.408. The molecule has 0 radical (unpaired) electrons. The molecule has 1 nitrogen and oxygen atoms in total. The van der Waals surface area contributed by atoms with Crippen LogP contribution in [0.5, 0.6) is 0 Å². The second-order valence-corrected chi connectivity index (χ2v) is 13.8. The van der Waals surface area contributed by atoms with Crippen LogP contribution in [0.3, 0.4) is 0 Å². The van der Waals surface area contributed by atoms with Crippen LogP contribution in [-0.2, 0) is 0 Å². The van der Waals surface area contributed by atoms with Gasteiger partial charge in [-0.1, -0.05) is 200 Å². The lowest BCUT2D eigenvalue weighted by molar-refractivity contribution is 1.28. The molecule has 0 atom stereocenters. The molecular formula is C56H39N. The van der Waals surface area contributed by atoms with Crippen LogP contribution in [0.2, 0.25) is 0 Å². The van der Waals surface area contributed by atoms with Crippen LogP contribution in [0.4, 0.5) is 17.1 Å². The monoisotopic (exact) mass is 733 g/mol. The topological polar surface area (TPSA) is 3.24 Å². The van der Waals surface area contributed by atoms with Crippen LogP contribution in [0.25, 0.3) is 77.2 Å². The van der Waals surface area contributed by atoms with Gasteiger partial charge in [0, 0.05) is 17.1 Å². The smallest absolute Gasteiger partial charge is 0.0645 e. The highest BCUT2D eigenvalue weighted by Crippen LogP contribution is 2.46. The zero-order valence-electron chi connectivity index (χ0n) is 38.8. The van der Waals surface area contributed by atoms with E-state index in [9.17, 15) is 11.0 Å². The normalized spacial score (nSPS) is 13.1. The van der Waals surface area contributed by atoms with Crippen LogP contribution in [0.15, 0.2) is 236 Å². The van der Waals surface area contributed by atoms with Crippen LogP contribution >= 0.6 is 0 Å². The molecule has 10 aromatic carbocycles. The molecule has 0 aromatic heterocycles. The first-order chi connectivity index (χ1) is 31.7. The van der Waals surface area contributed by atoms with E-state index in [0.717, 1.165) is 54.9 Å². The van der Waals surface area contributed by atoms with E-state index in [-0.39, 0.29) is 46.7 Å². The molecule has 1 heteroatoms. The molecule has 0 aliphatic heterocycles. The molecule has 268 valence electrons. The Kier molecular flexibility index (Phi) is 6.92. The van der Waals surface area contributed by atoms with Crippen molar-refractivity contribution in [1.29, 1.82) is 0 Å². The Morgan fingerprint density at radius 1 is 0.263 bits per heavy atom. The van der Waals surface area contributed by atoms with Gasteiger partial charge in [0.1, 0.15) is 0 Å². The minimum absolute atomic E-state index is 0.105. The molecule has 10 aromatic rings. The van der Waals surface area contributed by atoms with Gasteiger partial charge in [0.15, 0.2) is 0 Å². The van der Waals surface area contributed by atoms with Crippen LogP contribution in [0.1, 0.15) is 11.0 Å². The summed E-state index contributed by atoms with van der Waals surface area (Å²) in [4.78, 5) is 1.39. The second kappa shape index (κ2) is 15.0. The van der Waals surface area contributed by atoms with Crippen molar-refractivity contribution in [3.05, 3.63) is 236 Å². The maximum absolute atomic E-state index is 9.97. The highest BCUT2D eigenvalue weighted by atomic mass is 15.1. The van der Waals surface area contributed by atoms with Crippen LogP contribution < -0.4 is 4.90 Å². The summed E-state index contributed by atoms with van der Waals surface area (Å²) in [6, 6.07) is 56.7. The molecule has 0 heterocycles. The molecule has 0 N–H and O–H groups in total. The molecule has 57 heavy (non-hydrogen) atoms. The van der Waals surface area contributed by atoms with Crippen molar-refractivity contribution in [2.45, 2.75) is 0 Å². The van der Waals surface area contributed by atoms with E-state index in [1.165, 1.54) is 4.90 Å². The Labute approximate surface area is 345 Å². The van der Waals surface area contributed by atoms with Crippen molar-refractivity contribution in [3.8, 4) is 55.6 Å². The molecule has 0 saturated carbocycles. The maximum Gasteiger partial charge on any atom is 0.0645 e. The fraction of sp³-hybridized carbons (Fsp3) is 0. The predicted molar refractivity (Wildman–Crippen MR) is 243 cm³/mol. The highest BCUT2D eigenvalue weighted by Gasteiger charge is 2.20. The summed E-state index contributed by atoms with van der Waals surface area (Å²) < 4.78 is 77.8. The summed E-state index contributed by atoms with van der Waals surface area (Å²) in [5, 5.41) is 3.54. The summed E-state index contributed by atoms with van der Waals surface area (Å²) in [6.45, 7) is 0. The number of benzene rings is 10. The first-order valence-electron chi connectivity index (χ1n) is 23.0. The third-order valence-electron chi connectivity index (χ3n) is 10.4. The molecule has 0 bridgehead atoms. The predicted octanol–water partition coefficient (Wildman–Crippen LogP) is 15.8. The fourth-order valence-corrected chi connectivity index (χ4v) is 7.78. The Morgan fingerprint density at radius 2 is 0.649 bits per heavy atom. The summed E-state index contributed by atoms with van der Waals surface area (Å²) >= 11 is 0. The van der Waals surface area contributed by atoms with E-state index in [2.05, 4.69) is 6.07 Å². The van der Waals surface area contributed by atoms with Gasteiger partial charge >= 0.3 is 0 Å². The molecule has 0 unspecified atom stereocenters. The van der Waals surface area contributed by atoms with Gasteiger partial charge in [-0.2, -0.15) is 0 Å². The largest absolute Gasteiger partial charge is 0.310 e. The van der Waals surface area contributed by atoms with E-state index < -0.39 is 24.2 Å². The van der Waals surface area contributed by atoms with Crippen molar-refractivity contribution in [1.82, 2.24) is 0 Å². The number of fused-ring (bicyclic) bond motifs is 3. The van der Waals surface area contributed by atoms with Gasteiger partial charge in [-0.3, -0.25) is 0 Å². The highest BCUT2D eigenvalue weighted by molar-refractivity contribution is 6.21. The lowest BCUT2D eigenvalue weighted by Crippen LogP contribution is -2.10. The first-order valence-corrected chi connectivity index (χ1v) is 19.0. The van der Waals surface area contributed by atoms with Crippen molar-refractivity contribution in [2.24, 2.45) is 0 Å². The number of hydrogen-bond acceptors (Lipinski definition) is 1. The summed E-state index contributed by atoms with van der Waals surface area (Å²) in [7, 11) is 0. The molecular weight excluding hydrogens is 687 g/mol. The van der Waals surface area contributed by atoms with Crippen molar-refractivity contribution in [2.75, 3.05) is 4.90 Å².